The van der Waals surface area contributed by atoms with Crippen molar-refractivity contribution in [1.82, 2.24) is 25.6 Å². The van der Waals surface area contributed by atoms with Gasteiger partial charge in [-0.25, -0.2) is 9.78 Å². The summed E-state index contributed by atoms with van der Waals surface area (Å²) in [5.41, 5.74) is -2.59. The van der Waals surface area contributed by atoms with Gasteiger partial charge in [-0.15, -0.1) is 5.10 Å². The lowest BCUT2D eigenvalue weighted by Gasteiger charge is -2.43. The van der Waals surface area contributed by atoms with Crippen LogP contribution < -0.4 is 14.5 Å². The van der Waals surface area contributed by atoms with E-state index in [9.17, 15) is 31.1 Å². The number of tetrazole rings is 1. The van der Waals surface area contributed by atoms with Crippen molar-refractivity contribution in [3.63, 3.8) is 0 Å². The number of halogens is 6. The number of amides is 1. The van der Waals surface area contributed by atoms with Gasteiger partial charge in [-0.1, -0.05) is 12.0 Å². The molecule has 1 N–H and O–H groups in total. The number of ether oxygens (including phenoxy) is 2. The summed E-state index contributed by atoms with van der Waals surface area (Å²) in [6.45, 7) is 4.75. The Kier molecular flexibility index (Phi) is 8.31. The normalized spacial score (nSPS) is 17.4. The van der Waals surface area contributed by atoms with E-state index in [0.29, 0.717) is 24.2 Å². The van der Waals surface area contributed by atoms with Gasteiger partial charge in [0, 0.05) is 18.7 Å². The van der Waals surface area contributed by atoms with Gasteiger partial charge in [0.05, 0.1) is 41.8 Å². The molecule has 2 atom stereocenters. The molecule has 2 aromatic heterocycles. The fourth-order valence-electron chi connectivity index (χ4n) is 4.72. The van der Waals surface area contributed by atoms with E-state index in [1.165, 1.54) is 23.0 Å². The van der Waals surface area contributed by atoms with E-state index in [1.54, 1.807) is 19.9 Å². The molecule has 3 heterocycles. The number of pyridine rings is 1. The molecule has 0 saturated carbocycles. The molecule has 10 nitrogen and oxygen atoms in total. The third-order valence-corrected chi connectivity index (χ3v) is 6.49. The first-order valence-corrected chi connectivity index (χ1v) is 12.6. The second kappa shape index (κ2) is 11.4. The fraction of sp³-hybridized carbons (Fsp3) is 0.480. The number of nitrogens with one attached hydrogen (secondary N) is 1. The van der Waals surface area contributed by atoms with Crippen LogP contribution in [0.2, 0.25) is 0 Å². The predicted octanol–water partition coefficient (Wildman–Crippen LogP) is 5.92. The number of carbonyl (C=O) groups is 1. The molecule has 0 radical (unpaired) electrons. The number of nitrogens with zero attached hydrogens (tertiary/aromatic N) is 6. The third-order valence-electron chi connectivity index (χ3n) is 6.49. The van der Waals surface area contributed by atoms with E-state index in [-0.39, 0.29) is 35.6 Å². The number of anilines is 2. The van der Waals surface area contributed by atoms with Crippen LogP contribution in [0.1, 0.15) is 62.0 Å². The molecule has 0 fully saturated rings. The molecule has 4 rings (SSSR count). The standard InChI is InChI=1S/C25H27F6N7O3/c1-5-17-11-19(21-18(6-7-20(32-21)40-4)38(17)23(39)41-13(2)3)37(22-33-35-36-34-22)12-14-8-15(24(26,27)28)10-16(9-14)25(29,30)31/h6-10,13,17,19H,5,11-12H2,1-4H3,(H,33,34,35,36)/t17-,19+/m0/s1. The Morgan fingerprint density at radius 3 is 2.29 bits per heavy atom. The van der Waals surface area contributed by atoms with Crippen LogP contribution in [0.3, 0.4) is 0 Å². The molecule has 1 aliphatic rings. The lowest BCUT2D eigenvalue weighted by atomic mass is 9.92. The second-order valence-electron chi connectivity index (χ2n) is 9.63. The summed E-state index contributed by atoms with van der Waals surface area (Å²) in [6.07, 6.45) is -10.5. The molecule has 0 aliphatic carbocycles. The quantitative estimate of drug-likeness (QED) is 0.339. The maximum absolute atomic E-state index is 13.6. The first-order chi connectivity index (χ1) is 19.2. The third kappa shape index (κ3) is 6.46. The average Bonchev–Trinajstić information content (AvgIpc) is 3.43. The Bertz CT molecular complexity index is 1330. The first-order valence-electron chi connectivity index (χ1n) is 12.6. The zero-order valence-corrected chi connectivity index (χ0v) is 22.4. The summed E-state index contributed by atoms with van der Waals surface area (Å²) >= 11 is 0. The van der Waals surface area contributed by atoms with Crippen molar-refractivity contribution in [2.45, 2.75) is 70.7 Å². The number of methoxy groups -OCH3 is 1. The van der Waals surface area contributed by atoms with Crippen LogP contribution in [0, 0.1) is 0 Å². The van der Waals surface area contributed by atoms with Crippen LogP contribution in [-0.4, -0.2) is 51.0 Å². The van der Waals surface area contributed by atoms with E-state index in [4.69, 9.17) is 9.47 Å². The molecule has 0 saturated heterocycles. The Labute approximate surface area is 230 Å². The number of alkyl halides is 6. The van der Waals surface area contributed by atoms with Crippen molar-refractivity contribution >= 4 is 17.7 Å². The van der Waals surface area contributed by atoms with E-state index >= 15 is 0 Å². The minimum atomic E-state index is -5.02. The maximum atomic E-state index is 13.6. The summed E-state index contributed by atoms with van der Waals surface area (Å²) < 4.78 is 92.3. The van der Waals surface area contributed by atoms with Gasteiger partial charge in [0.2, 0.25) is 5.88 Å². The van der Waals surface area contributed by atoms with Crippen molar-refractivity contribution in [2.75, 3.05) is 16.9 Å². The zero-order chi connectivity index (χ0) is 30.1. The summed E-state index contributed by atoms with van der Waals surface area (Å²) in [5.74, 6) is 0.0805. The molecule has 16 heteroatoms. The number of fused-ring (bicyclic) bond motifs is 1. The molecule has 41 heavy (non-hydrogen) atoms. The molecule has 0 spiro atoms. The smallest absolute Gasteiger partial charge is 0.416 e. The lowest BCUT2D eigenvalue weighted by molar-refractivity contribution is -0.143. The van der Waals surface area contributed by atoms with Gasteiger partial charge in [0.15, 0.2) is 0 Å². The topological polar surface area (TPSA) is 109 Å². The molecule has 222 valence electrons. The van der Waals surface area contributed by atoms with Crippen molar-refractivity contribution in [2.24, 2.45) is 0 Å². The number of H-pyrrole nitrogens is 1. The molecular formula is C25H27F6N7O3. The van der Waals surface area contributed by atoms with E-state index in [2.05, 4.69) is 25.6 Å². The number of aromatic amines is 1. The number of hydrogen-bond acceptors (Lipinski definition) is 8. The Morgan fingerprint density at radius 2 is 1.78 bits per heavy atom. The SMILES string of the molecule is CC[C@H]1C[C@@H](N(Cc2cc(C(F)(F)F)cc(C(F)(F)F)c2)c2nn[nH]n2)c2nc(OC)ccc2N1C(=O)OC(C)C. The van der Waals surface area contributed by atoms with E-state index in [0.717, 1.165) is 0 Å². The largest absolute Gasteiger partial charge is 0.481 e. The molecular weight excluding hydrogens is 560 g/mol. The van der Waals surface area contributed by atoms with Crippen molar-refractivity contribution in [3.05, 3.63) is 52.7 Å². The highest BCUT2D eigenvalue weighted by Crippen LogP contribution is 2.44. The van der Waals surface area contributed by atoms with Crippen LogP contribution in [0.4, 0.5) is 42.8 Å². The van der Waals surface area contributed by atoms with Crippen LogP contribution in [0.15, 0.2) is 30.3 Å². The lowest BCUT2D eigenvalue weighted by Crippen LogP contribution is -2.48. The second-order valence-corrected chi connectivity index (χ2v) is 9.63. The number of carbonyl (C=O) groups excluding carboxylic acids is 1. The minimum absolute atomic E-state index is 0.0653. The van der Waals surface area contributed by atoms with Crippen molar-refractivity contribution < 1.29 is 40.6 Å². The summed E-state index contributed by atoms with van der Waals surface area (Å²) in [4.78, 5) is 20.5. The van der Waals surface area contributed by atoms with Gasteiger partial charge in [-0.3, -0.25) is 4.90 Å². The molecule has 1 aliphatic heterocycles. The summed E-state index contributed by atoms with van der Waals surface area (Å²) in [6, 6.07) is 3.20. The fourth-order valence-corrected chi connectivity index (χ4v) is 4.72. The molecule has 0 bridgehead atoms. The number of hydrogen-bond donors (Lipinski definition) is 1. The van der Waals surface area contributed by atoms with Gasteiger partial charge >= 0.3 is 18.4 Å². The Balaban J connectivity index is 1.87. The van der Waals surface area contributed by atoms with Crippen LogP contribution in [0.5, 0.6) is 5.88 Å². The Hall–Kier alpha value is -4.11. The highest BCUT2D eigenvalue weighted by molar-refractivity contribution is 5.90. The molecule has 1 amide bonds. The molecule has 0 unspecified atom stereocenters. The average molecular weight is 588 g/mol. The van der Waals surface area contributed by atoms with Gasteiger partial charge in [-0.2, -0.15) is 31.6 Å². The van der Waals surface area contributed by atoms with Crippen molar-refractivity contribution in [1.29, 1.82) is 0 Å². The van der Waals surface area contributed by atoms with Gasteiger partial charge in [0.25, 0.3) is 5.95 Å². The number of benzene rings is 1. The number of aromatic nitrogens is 5. The van der Waals surface area contributed by atoms with E-state index < -0.39 is 54.3 Å². The zero-order valence-electron chi connectivity index (χ0n) is 22.4. The minimum Gasteiger partial charge on any atom is -0.481 e. The maximum Gasteiger partial charge on any atom is 0.416 e. The van der Waals surface area contributed by atoms with E-state index in [1.807, 2.05) is 6.92 Å². The van der Waals surface area contributed by atoms with Crippen LogP contribution in [0.25, 0.3) is 0 Å². The molecule has 3 aromatic rings. The summed E-state index contributed by atoms with van der Waals surface area (Å²) in [5, 5.41) is 13.7. The highest BCUT2D eigenvalue weighted by Gasteiger charge is 2.42. The van der Waals surface area contributed by atoms with Crippen LogP contribution in [-0.2, 0) is 23.6 Å². The van der Waals surface area contributed by atoms with Gasteiger partial charge in [-0.05, 0) is 61.7 Å². The van der Waals surface area contributed by atoms with Crippen LogP contribution >= 0.6 is 0 Å². The monoisotopic (exact) mass is 587 g/mol. The van der Waals surface area contributed by atoms with Crippen molar-refractivity contribution in [3.8, 4) is 5.88 Å². The Morgan fingerprint density at radius 1 is 1.12 bits per heavy atom. The van der Waals surface area contributed by atoms with Gasteiger partial charge < -0.3 is 14.4 Å². The highest BCUT2D eigenvalue weighted by atomic mass is 19.4. The summed E-state index contributed by atoms with van der Waals surface area (Å²) in [7, 11) is 1.38. The predicted molar refractivity (Wildman–Crippen MR) is 133 cm³/mol. The number of rotatable bonds is 7. The first kappa shape index (κ1) is 29.9. The molecule has 1 aromatic carbocycles. The van der Waals surface area contributed by atoms with Gasteiger partial charge in [0.1, 0.15) is 0 Å².